The second-order valence-electron chi connectivity index (χ2n) is 5.65. The van der Waals surface area contributed by atoms with Gasteiger partial charge in [-0.1, -0.05) is 12.7 Å². The number of carboxylic acid groups (broad SMARTS) is 1. The third-order valence-electron chi connectivity index (χ3n) is 4.25. The first-order valence-electron chi connectivity index (χ1n) is 7.09. The van der Waals surface area contributed by atoms with Gasteiger partial charge in [-0.2, -0.15) is 0 Å². The number of nitrogens with one attached hydrogen (secondary N) is 1. The number of carboxylic acids is 1. The van der Waals surface area contributed by atoms with E-state index in [1.807, 2.05) is 0 Å². The largest absolute Gasteiger partial charge is 0.481 e. The molecule has 0 aliphatic carbocycles. The van der Waals surface area contributed by atoms with Gasteiger partial charge in [0.05, 0.1) is 13.8 Å². The number of aliphatic carboxylic acids is 1. The average molecular weight is 250 g/mol. The summed E-state index contributed by atoms with van der Waals surface area (Å²) in [5, 5.41) is 12.8. The summed E-state index contributed by atoms with van der Waals surface area (Å²) >= 11 is 0. The minimum atomic E-state index is -0.640. The van der Waals surface area contributed by atoms with E-state index < -0.39 is 5.97 Å². The van der Waals surface area contributed by atoms with Gasteiger partial charge in [-0.15, -0.1) is 0 Å². The molecule has 100 valence electrons. The van der Waals surface area contributed by atoms with E-state index in [1.54, 1.807) is 0 Å². The molecule has 2 rings (SSSR count). The number of carbonyl (C=O) groups is 1. The van der Waals surface area contributed by atoms with Crippen molar-refractivity contribution in [3.63, 3.8) is 0 Å². The van der Waals surface area contributed by atoms with Crippen molar-refractivity contribution in [2.45, 2.75) is 38.0 Å². The van der Waals surface area contributed by atoms with Crippen molar-refractivity contribution in [1.82, 2.24) is 10.2 Å². The minimum absolute atomic E-state index is 0.196. The normalized spacial score (nSPS) is 33.0. The molecule has 0 saturated carbocycles. The topological polar surface area (TPSA) is 52.6 Å². The maximum atomic E-state index is 11.3. The Morgan fingerprint density at radius 2 is 2.28 bits per heavy atom. The molecule has 0 amide bonds. The number of rotatable bonds is 6. The Morgan fingerprint density at radius 3 is 2.89 bits per heavy atom. The van der Waals surface area contributed by atoms with Crippen molar-refractivity contribution in [3.05, 3.63) is 0 Å². The Morgan fingerprint density at radius 1 is 1.44 bits per heavy atom. The lowest BCUT2D eigenvalue weighted by molar-refractivity contribution is -0.142. The maximum Gasteiger partial charge on any atom is 0.308 e. The summed E-state index contributed by atoms with van der Waals surface area (Å²) in [6.45, 7) is 3.75. The van der Waals surface area contributed by atoms with Crippen LogP contribution in [0.1, 0.15) is 25.7 Å². The Hall–Kier alpha value is -0.545. The van der Waals surface area contributed by atoms with E-state index in [0.29, 0.717) is 18.9 Å². The average Bonchev–Trinajstić information content (AvgIpc) is 2.96. The van der Waals surface area contributed by atoms with Crippen LogP contribution in [0.25, 0.3) is 0 Å². The maximum absolute atomic E-state index is 11.3. The monoisotopic (exact) mass is 250 g/mol. The summed E-state index contributed by atoms with van der Waals surface area (Å²) in [4.78, 5) is 13.6. The molecule has 2 aliphatic heterocycles. The molecule has 2 heterocycles. The Labute approximate surface area is 111 Å². The molecule has 5 heteroatoms. The highest BCUT2D eigenvalue weighted by Gasteiger charge is 2.37. The van der Waals surface area contributed by atoms with Crippen LogP contribution in [-0.4, -0.2) is 56.0 Å². The molecule has 2 N–H and O–H groups in total. The molecule has 0 aromatic rings. The quantitative estimate of drug-likeness (QED) is 0.683. The summed E-state index contributed by atoms with van der Waals surface area (Å²) in [6.07, 6.45) is 5.01. The van der Waals surface area contributed by atoms with Crippen LogP contribution in [-0.2, 0) is 4.79 Å². The van der Waals surface area contributed by atoms with Gasteiger partial charge >= 0.3 is 5.97 Å². The molecule has 2 aliphatic rings. The van der Waals surface area contributed by atoms with Gasteiger partial charge in [-0.25, -0.2) is 0 Å². The van der Waals surface area contributed by atoms with E-state index in [2.05, 4.69) is 10.2 Å². The van der Waals surface area contributed by atoms with Crippen LogP contribution in [0.4, 0.5) is 0 Å². The summed E-state index contributed by atoms with van der Waals surface area (Å²) in [5.74, 6) is -0.552. The van der Waals surface area contributed by atoms with Crippen LogP contribution < -0.4 is 5.32 Å². The van der Waals surface area contributed by atoms with Gasteiger partial charge in [-0.3, -0.25) is 4.79 Å². The second kappa shape index (κ2) is 6.57. The van der Waals surface area contributed by atoms with Crippen LogP contribution in [0.15, 0.2) is 0 Å². The van der Waals surface area contributed by atoms with E-state index in [0.717, 1.165) is 32.5 Å². The smallest absolute Gasteiger partial charge is 0.308 e. The van der Waals surface area contributed by atoms with Crippen molar-refractivity contribution < 1.29 is 9.90 Å². The van der Waals surface area contributed by atoms with Crippen molar-refractivity contribution in [2.75, 3.05) is 26.2 Å². The number of hydrogen-bond acceptors (Lipinski definition) is 3. The minimum Gasteiger partial charge on any atom is -0.481 e. The fourth-order valence-corrected chi connectivity index (χ4v) is 3.29. The third kappa shape index (κ3) is 3.48. The highest BCUT2D eigenvalue weighted by atomic mass is 16.4. The molecule has 2 fully saturated rings. The molecule has 2 radical (unpaired) electrons. The summed E-state index contributed by atoms with van der Waals surface area (Å²) in [5.41, 5.74) is 0. The molecule has 0 aromatic heterocycles. The predicted molar refractivity (Wildman–Crippen MR) is 71.9 cm³/mol. The molecule has 2 saturated heterocycles. The zero-order chi connectivity index (χ0) is 13.0. The van der Waals surface area contributed by atoms with Gasteiger partial charge in [-0.05, 0) is 31.7 Å². The zero-order valence-corrected chi connectivity index (χ0v) is 11.0. The molecule has 0 spiro atoms. The van der Waals surface area contributed by atoms with Gasteiger partial charge in [0, 0.05) is 25.7 Å². The number of hydrogen-bond donors (Lipinski definition) is 2. The van der Waals surface area contributed by atoms with Crippen molar-refractivity contribution in [1.29, 1.82) is 0 Å². The third-order valence-corrected chi connectivity index (χ3v) is 4.25. The summed E-state index contributed by atoms with van der Waals surface area (Å²) in [7, 11) is 5.52. The van der Waals surface area contributed by atoms with Crippen molar-refractivity contribution >= 4 is 13.8 Å². The molecule has 3 atom stereocenters. The highest BCUT2D eigenvalue weighted by Crippen LogP contribution is 2.28. The molecule has 0 aromatic carbocycles. The van der Waals surface area contributed by atoms with E-state index in [9.17, 15) is 9.90 Å². The lowest BCUT2D eigenvalue weighted by Gasteiger charge is -2.20. The Balaban J connectivity index is 1.84. The molecule has 18 heavy (non-hydrogen) atoms. The van der Waals surface area contributed by atoms with Crippen molar-refractivity contribution in [2.24, 2.45) is 11.8 Å². The van der Waals surface area contributed by atoms with Crippen LogP contribution in [0.3, 0.4) is 0 Å². The standard InChI is InChI=1S/C13H23BN2O2/c14-5-1-3-10-7-16(9-12(10)13(17)18)8-11-4-2-6-15-11/h10-12,15H,1-9H2,(H,17,18). The van der Waals surface area contributed by atoms with Gasteiger partial charge in [0.2, 0.25) is 0 Å². The number of nitrogens with zero attached hydrogens (tertiary/aromatic N) is 1. The van der Waals surface area contributed by atoms with E-state index in [4.69, 9.17) is 7.85 Å². The molecule has 4 nitrogen and oxygen atoms in total. The lowest BCUT2D eigenvalue weighted by Crippen LogP contribution is -2.36. The fourth-order valence-electron chi connectivity index (χ4n) is 3.29. The first-order chi connectivity index (χ1) is 8.70. The van der Waals surface area contributed by atoms with Crippen LogP contribution in [0.5, 0.6) is 0 Å². The number of likely N-dealkylation sites (tertiary alicyclic amines) is 1. The zero-order valence-electron chi connectivity index (χ0n) is 11.0. The molecule has 3 unspecified atom stereocenters. The molecular weight excluding hydrogens is 227 g/mol. The second-order valence-corrected chi connectivity index (χ2v) is 5.65. The SMILES string of the molecule is [B]CCCC1CN(CC2CCCN2)CC1C(=O)O. The predicted octanol–water partition coefficient (Wildman–Crippen LogP) is 0.738. The van der Waals surface area contributed by atoms with E-state index in [-0.39, 0.29) is 11.8 Å². The summed E-state index contributed by atoms with van der Waals surface area (Å²) < 4.78 is 0. The fraction of sp³-hybridized carbons (Fsp3) is 0.923. The highest BCUT2D eigenvalue weighted by molar-refractivity contribution is 6.08. The molecule has 0 bridgehead atoms. The van der Waals surface area contributed by atoms with Gasteiger partial charge in [0.1, 0.15) is 0 Å². The van der Waals surface area contributed by atoms with Gasteiger partial charge in [0.15, 0.2) is 0 Å². The lowest BCUT2D eigenvalue weighted by atomic mass is 9.88. The van der Waals surface area contributed by atoms with Crippen LogP contribution in [0, 0.1) is 11.8 Å². The van der Waals surface area contributed by atoms with E-state index >= 15 is 0 Å². The Bertz CT molecular complexity index is 282. The first kappa shape index (κ1) is 13.9. The van der Waals surface area contributed by atoms with E-state index in [1.165, 1.54) is 12.8 Å². The van der Waals surface area contributed by atoms with Gasteiger partial charge < -0.3 is 15.3 Å². The van der Waals surface area contributed by atoms with Crippen LogP contribution >= 0.6 is 0 Å². The van der Waals surface area contributed by atoms with Crippen LogP contribution in [0.2, 0.25) is 6.32 Å². The molecular formula is C13H23BN2O2. The first-order valence-corrected chi connectivity index (χ1v) is 7.09. The van der Waals surface area contributed by atoms with Gasteiger partial charge in [0.25, 0.3) is 0 Å². The van der Waals surface area contributed by atoms with Crippen molar-refractivity contribution in [3.8, 4) is 0 Å². The Kier molecular flexibility index (Phi) is 5.07. The summed E-state index contributed by atoms with van der Waals surface area (Å²) in [6, 6.07) is 0.563.